The van der Waals surface area contributed by atoms with Crippen LogP contribution in [0.4, 0.5) is 5.69 Å². The first kappa shape index (κ1) is 10.5. The van der Waals surface area contributed by atoms with Crippen LogP contribution in [0.5, 0.6) is 0 Å². The van der Waals surface area contributed by atoms with Gasteiger partial charge >= 0.3 is 0 Å². The first-order valence-electron chi connectivity index (χ1n) is 5.26. The Balaban J connectivity index is 2.24. The van der Waals surface area contributed by atoms with Crippen molar-refractivity contribution in [2.45, 2.75) is 19.3 Å². The van der Waals surface area contributed by atoms with Gasteiger partial charge in [0.1, 0.15) is 0 Å². The Kier molecular flexibility index (Phi) is 3.27. The lowest BCUT2D eigenvalue weighted by molar-refractivity contribution is 0.577. The number of rotatable bonds is 1. The molecule has 2 nitrogen and oxygen atoms in total. The van der Waals surface area contributed by atoms with Gasteiger partial charge in [-0.2, -0.15) is 5.26 Å². The van der Waals surface area contributed by atoms with Crippen LogP contribution < -0.4 is 4.90 Å². The lowest BCUT2D eigenvalue weighted by Gasteiger charge is -2.29. The second-order valence-corrected chi connectivity index (χ2v) is 4.68. The fourth-order valence-electron chi connectivity index (χ4n) is 1.97. The van der Waals surface area contributed by atoms with Gasteiger partial charge in [0, 0.05) is 17.6 Å². The van der Waals surface area contributed by atoms with E-state index in [-0.39, 0.29) is 0 Å². The van der Waals surface area contributed by atoms with E-state index in [2.05, 4.69) is 26.9 Å². The van der Waals surface area contributed by atoms with Crippen LogP contribution in [-0.4, -0.2) is 13.1 Å². The summed E-state index contributed by atoms with van der Waals surface area (Å²) in [6.07, 6.45) is 3.88. The van der Waals surface area contributed by atoms with Crippen LogP contribution in [0.25, 0.3) is 0 Å². The zero-order valence-corrected chi connectivity index (χ0v) is 10.1. The molecule has 15 heavy (non-hydrogen) atoms. The van der Waals surface area contributed by atoms with Gasteiger partial charge in [-0.15, -0.1) is 0 Å². The molecule has 1 saturated heterocycles. The summed E-state index contributed by atoms with van der Waals surface area (Å²) in [5, 5.41) is 8.78. The molecule has 0 atom stereocenters. The van der Waals surface area contributed by atoms with Gasteiger partial charge in [0.15, 0.2) is 0 Å². The monoisotopic (exact) mass is 264 g/mol. The maximum atomic E-state index is 8.78. The average Bonchev–Trinajstić information content (AvgIpc) is 2.30. The van der Waals surface area contributed by atoms with Crippen molar-refractivity contribution in [1.82, 2.24) is 0 Å². The Morgan fingerprint density at radius 1 is 1.20 bits per heavy atom. The molecule has 0 radical (unpaired) electrons. The third-order valence-electron chi connectivity index (χ3n) is 2.77. The van der Waals surface area contributed by atoms with Gasteiger partial charge in [-0.3, -0.25) is 0 Å². The maximum absolute atomic E-state index is 8.78. The minimum atomic E-state index is 0.711. The second kappa shape index (κ2) is 4.67. The van der Waals surface area contributed by atoms with Crippen LogP contribution >= 0.6 is 15.9 Å². The van der Waals surface area contributed by atoms with Crippen molar-refractivity contribution < 1.29 is 0 Å². The van der Waals surface area contributed by atoms with Crippen LogP contribution in [0.3, 0.4) is 0 Å². The Bertz CT molecular complexity index is 389. The highest BCUT2D eigenvalue weighted by Gasteiger charge is 2.13. The Hall–Kier alpha value is -1.01. The van der Waals surface area contributed by atoms with E-state index in [1.54, 1.807) is 0 Å². The highest BCUT2D eigenvalue weighted by atomic mass is 79.9. The maximum Gasteiger partial charge on any atom is 0.0992 e. The molecule has 3 heteroatoms. The highest BCUT2D eigenvalue weighted by Crippen LogP contribution is 2.29. The molecule has 0 spiro atoms. The molecule has 0 aliphatic carbocycles. The zero-order valence-electron chi connectivity index (χ0n) is 8.54. The molecule has 0 bridgehead atoms. The molecule has 1 heterocycles. The topological polar surface area (TPSA) is 27.0 Å². The fourth-order valence-corrected chi connectivity index (χ4v) is 2.60. The predicted octanol–water partition coefficient (Wildman–Crippen LogP) is 3.31. The number of nitriles is 1. The molecule has 2 rings (SSSR count). The number of piperidine rings is 1. The minimum Gasteiger partial charge on any atom is -0.371 e. The summed E-state index contributed by atoms with van der Waals surface area (Å²) < 4.78 is 1.03. The lowest BCUT2D eigenvalue weighted by Crippen LogP contribution is -2.29. The second-order valence-electron chi connectivity index (χ2n) is 3.83. The smallest absolute Gasteiger partial charge is 0.0992 e. The van der Waals surface area contributed by atoms with Crippen LogP contribution in [0, 0.1) is 11.3 Å². The van der Waals surface area contributed by atoms with E-state index in [4.69, 9.17) is 5.26 Å². The molecule has 0 amide bonds. The summed E-state index contributed by atoms with van der Waals surface area (Å²) in [4.78, 5) is 2.38. The van der Waals surface area contributed by atoms with Gasteiger partial charge < -0.3 is 4.90 Å². The van der Waals surface area contributed by atoms with Gasteiger partial charge in [0.05, 0.1) is 17.3 Å². The Morgan fingerprint density at radius 2 is 1.93 bits per heavy atom. The van der Waals surface area contributed by atoms with Gasteiger partial charge in [-0.05, 0) is 53.4 Å². The molecule has 0 N–H and O–H groups in total. The molecule has 0 unspecified atom stereocenters. The molecule has 1 fully saturated rings. The molecule has 1 aliphatic rings. The summed E-state index contributed by atoms with van der Waals surface area (Å²) in [6.45, 7) is 2.26. The number of hydrogen-bond donors (Lipinski definition) is 0. The van der Waals surface area contributed by atoms with Gasteiger partial charge in [0.25, 0.3) is 0 Å². The van der Waals surface area contributed by atoms with Crippen molar-refractivity contribution in [2.24, 2.45) is 0 Å². The average molecular weight is 265 g/mol. The Morgan fingerprint density at radius 3 is 2.53 bits per heavy atom. The quantitative estimate of drug-likeness (QED) is 0.778. The van der Waals surface area contributed by atoms with Crippen LogP contribution in [0.1, 0.15) is 24.8 Å². The third kappa shape index (κ3) is 2.32. The normalized spacial score (nSPS) is 16.1. The van der Waals surface area contributed by atoms with E-state index in [9.17, 15) is 0 Å². The number of benzene rings is 1. The van der Waals surface area contributed by atoms with Gasteiger partial charge in [0.2, 0.25) is 0 Å². The summed E-state index contributed by atoms with van der Waals surface area (Å²) in [6, 6.07) is 7.96. The largest absolute Gasteiger partial charge is 0.371 e. The van der Waals surface area contributed by atoms with Crippen molar-refractivity contribution in [1.29, 1.82) is 5.26 Å². The van der Waals surface area contributed by atoms with Gasteiger partial charge in [-0.1, -0.05) is 0 Å². The predicted molar refractivity (Wildman–Crippen MR) is 64.9 cm³/mol. The summed E-state index contributed by atoms with van der Waals surface area (Å²) in [5.74, 6) is 0. The third-order valence-corrected chi connectivity index (χ3v) is 3.41. The zero-order chi connectivity index (χ0) is 10.7. The summed E-state index contributed by atoms with van der Waals surface area (Å²) in [5.41, 5.74) is 1.93. The molecule has 1 aromatic rings. The number of halogens is 1. The SMILES string of the molecule is N#Cc1ccc(N2CCCCC2)c(Br)c1. The number of hydrogen-bond acceptors (Lipinski definition) is 2. The van der Waals surface area contributed by atoms with Crippen molar-refractivity contribution >= 4 is 21.6 Å². The summed E-state index contributed by atoms with van der Waals surface area (Å²) >= 11 is 3.53. The van der Waals surface area contributed by atoms with Crippen molar-refractivity contribution in [2.75, 3.05) is 18.0 Å². The van der Waals surface area contributed by atoms with Crippen molar-refractivity contribution in [3.63, 3.8) is 0 Å². The van der Waals surface area contributed by atoms with Crippen LogP contribution in [0.15, 0.2) is 22.7 Å². The molecular formula is C12H13BrN2. The minimum absolute atomic E-state index is 0.711. The highest BCUT2D eigenvalue weighted by molar-refractivity contribution is 9.10. The number of anilines is 1. The van der Waals surface area contributed by atoms with Crippen LogP contribution in [-0.2, 0) is 0 Å². The molecule has 0 saturated carbocycles. The van der Waals surface area contributed by atoms with Gasteiger partial charge in [-0.25, -0.2) is 0 Å². The first-order chi connectivity index (χ1) is 7.31. The lowest BCUT2D eigenvalue weighted by atomic mass is 10.1. The molecule has 1 aromatic carbocycles. The van der Waals surface area contributed by atoms with E-state index in [1.807, 2.05) is 18.2 Å². The molecule has 0 aromatic heterocycles. The molecule has 1 aliphatic heterocycles. The van der Waals surface area contributed by atoms with E-state index in [1.165, 1.54) is 24.9 Å². The van der Waals surface area contributed by atoms with E-state index in [0.29, 0.717) is 5.56 Å². The first-order valence-corrected chi connectivity index (χ1v) is 6.05. The van der Waals surface area contributed by atoms with E-state index in [0.717, 1.165) is 17.6 Å². The fraction of sp³-hybridized carbons (Fsp3) is 0.417. The Labute approximate surface area is 98.6 Å². The van der Waals surface area contributed by atoms with E-state index >= 15 is 0 Å². The molecule has 78 valence electrons. The van der Waals surface area contributed by atoms with Crippen molar-refractivity contribution in [3.8, 4) is 6.07 Å². The van der Waals surface area contributed by atoms with Crippen molar-refractivity contribution in [3.05, 3.63) is 28.2 Å². The number of nitrogens with zero attached hydrogens (tertiary/aromatic N) is 2. The standard InChI is InChI=1S/C12H13BrN2/c13-11-8-10(9-14)4-5-12(11)15-6-2-1-3-7-15/h4-5,8H,1-3,6-7H2. The van der Waals surface area contributed by atoms with E-state index < -0.39 is 0 Å². The molecular weight excluding hydrogens is 252 g/mol. The van der Waals surface area contributed by atoms with Crippen LogP contribution in [0.2, 0.25) is 0 Å². The summed E-state index contributed by atoms with van der Waals surface area (Å²) in [7, 11) is 0.